The molecule has 190 valence electrons. The van der Waals surface area contributed by atoms with Crippen LogP contribution in [-0.4, -0.2) is 31.6 Å². The average Bonchev–Trinajstić information content (AvgIpc) is 2.87. The van der Waals surface area contributed by atoms with E-state index in [1.807, 2.05) is 42.5 Å². The quantitative estimate of drug-likeness (QED) is 0.447. The van der Waals surface area contributed by atoms with Crippen molar-refractivity contribution in [2.75, 3.05) is 20.8 Å². The Hall–Kier alpha value is -3.52. The van der Waals surface area contributed by atoms with Crippen molar-refractivity contribution >= 4 is 5.91 Å². The second kappa shape index (κ2) is 10.6. The lowest BCUT2D eigenvalue weighted by atomic mass is 9.86. The summed E-state index contributed by atoms with van der Waals surface area (Å²) in [5.41, 5.74) is 8.90. The van der Waals surface area contributed by atoms with Crippen LogP contribution < -0.4 is 15.2 Å². The van der Waals surface area contributed by atoms with E-state index >= 15 is 0 Å². The highest BCUT2D eigenvalue weighted by Crippen LogP contribution is 2.43. The number of alkyl halides is 3. The fourth-order valence-corrected chi connectivity index (χ4v) is 5.00. The van der Waals surface area contributed by atoms with E-state index in [2.05, 4.69) is 4.90 Å². The molecule has 0 spiro atoms. The van der Waals surface area contributed by atoms with Crippen LogP contribution in [-0.2, 0) is 23.8 Å². The Balaban J connectivity index is 1.71. The molecule has 5 nitrogen and oxygen atoms in total. The Morgan fingerprint density at radius 1 is 1.03 bits per heavy atom. The van der Waals surface area contributed by atoms with Gasteiger partial charge in [-0.05, 0) is 65.8 Å². The largest absolute Gasteiger partial charge is 0.493 e. The van der Waals surface area contributed by atoms with Crippen molar-refractivity contribution in [3.8, 4) is 11.5 Å². The Bertz CT molecular complexity index is 1200. The summed E-state index contributed by atoms with van der Waals surface area (Å²) < 4.78 is 50.0. The predicted molar refractivity (Wildman–Crippen MR) is 131 cm³/mol. The highest BCUT2D eigenvalue weighted by molar-refractivity contribution is 5.81. The van der Waals surface area contributed by atoms with Gasteiger partial charge in [-0.3, -0.25) is 9.69 Å². The lowest BCUT2D eigenvalue weighted by Gasteiger charge is -2.41. The van der Waals surface area contributed by atoms with Crippen LogP contribution in [0.15, 0.2) is 66.7 Å². The van der Waals surface area contributed by atoms with E-state index in [0.717, 1.165) is 34.4 Å². The number of halogens is 3. The van der Waals surface area contributed by atoms with Gasteiger partial charge in [-0.15, -0.1) is 0 Å². The van der Waals surface area contributed by atoms with Crippen LogP contribution in [0.1, 0.15) is 46.3 Å². The first-order valence-electron chi connectivity index (χ1n) is 11.7. The van der Waals surface area contributed by atoms with Crippen molar-refractivity contribution in [2.45, 2.75) is 37.5 Å². The molecule has 0 aliphatic carbocycles. The molecule has 0 saturated heterocycles. The number of nitrogens with zero attached hydrogens (tertiary/aromatic N) is 1. The molecule has 3 aromatic rings. The van der Waals surface area contributed by atoms with Gasteiger partial charge in [0.05, 0.1) is 19.8 Å². The summed E-state index contributed by atoms with van der Waals surface area (Å²) in [6.07, 6.45) is -2.60. The number of hydrogen-bond donors (Lipinski definition) is 1. The Kier molecular flexibility index (Phi) is 7.54. The van der Waals surface area contributed by atoms with E-state index < -0.39 is 23.7 Å². The van der Waals surface area contributed by atoms with Gasteiger partial charge < -0.3 is 15.2 Å². The highest BCUT2D eigenvalue weighted by Gasteiger charge is 2.36. The lowest BCUT2D eigenvalue weighted by molar-refractivity contribution is -0.137. The Morgan fingerprint density at radius 3 is 2.25 bits per heavy atom. The molecule has 2 atom stereocenters. The van der Waals surface area contributed by atoms with E-state index in [-0.39, 0.29) is 6.04 Å². The molecular weight excluding hydrogens is 469 g/mol. The molecule has 1 amide bonds. The Labute approximate surface area is 208 Å². The second-order valence-corrected chi connectivity index (χ2v) is 8.86. The number of aryl methyl sites for hydroxylation is 1. The monoisotopic (exact) mass is 498 g/mol. The van der Waals surface area contributed by atoms with Crippen LogP contribution in [0.2, 0.25) is 0 Å². The predicted octanol–water partition coefficient (Wildman–Crippen LogP) is 5.48. The number of ether oxygens (including phenoxy) is 2. The maximum atomic E-state index is 13.0. The molecule has 1 unspecified atom stereocenters. The van der Waals surface area contributed by atoms with Crippen LogP contribution in [0.4, 0.5) is 13.2 Å². The van der Waals surface area contributed by atoms with Crippen LogP contribution in [0, 0.1) is 0 Å². The van der Waals surface area contributed by atoms with Gasteiger partial charge in [0, 0.05) is 12.6 Å². The van der Waals surface area contributed by atoms with E-state index in [4.69, 9.17) is 15.2 Å². The summed E-state index contributed by atoms with van der Waals surface area (Å²) in [6, 6.07) is 17.6. The molecule has 36 heavy (non-hydrogen) atoms. The minimum absolute atomic E-state index is 0.214. The molecule has 3 aromatic carbocycles. The summed E-state index contributed by atoms with van der Waals surface area (Å²) in [7, 11) is 3.15. The van der Waals surface area contributed by atoms with Crippen molar-refractivity contribution < 1.29 is 27.4 Å². The van der Waals surface area contributed by atoms with Crippen molar-refractivity contribution in [3.63, 3.8) is 0 Å². The van der Waals surface area contributed by atoms with Gasteiger partial charge in [-0.2, -0.15) is 13.2 Å². The summed E-state index contributed by atoms with van der Waals surface area (Å²) in [6.45, 7) is 0.586. The van der Waals surface area contributed by atoms with E-state index in [1.165, 1.54) is 12.1 Å². The molecule has 8 heteroatoms. The summed E-state index contributed by atoms with van der Waals surface area (Å²) in [5, 5.41) is 0. The summed E-state index contributed by atoms with van der Waals surface area (Å²) in [5.74, 6) is 0.748. The van der Waals surface area contributed by atoms with Gasteiger partial charge in [0.1, 0.15) is 6.04 Å². The molecule has 4 rings (SSSR count). The van der Waals surface area contributed by atoms with Crippen LogP contribution in [0.5, 0.6) is 11.5 Å². The number of primary amides is 1. The van der Waals surface area contributed by atoms with Gasteiger partial charge >= 0.3 is 6.18 Å². The number of amides is 1. The third-order valence-electron chi connectivity index (χ3n) is 6.75. The first kappa shape index (κ1) is 25.6. The number of fused-ring (bicyclic) bond motifs is 1. The third kappa shape index (κ3) is 5.33. The average molecular weight is 499 g/mol. The zero-order valence-corrected chi connectivity index (χ0v) is 20.2. The number of hydrogen-bond acceptors (Lipinski definition) is 4. The molecule has 1 aliphatic heterocycles. The zero-order chi connectivity index (χ0) is 25.9. The summed E-state index contributed by atoms with van der Waals surface area (Å²) in [4.78, 5) is 14.8. The van der Waals surface area contributed by atoms with Crippen LogP contribution >= 0.6 is 0 Å². The molecule has 1 aliphatic rings. The van der Waals surface area contributed by atoms with Crippen molar-refractivity contribution in [3.05, 3.63) is 94.5 Å². The first-order valence-corrected chi connectivity index (χ1v) is 11.7. The minimum atomic E-state index is -4.38. The molecule has 1 heterocycles. The normalized spacial score (nSPS) is 16.8. The third-order valence-corrected chi connectivity index (χ3v) is 6.75. The Morgan fingerprint density at radius 2 is 1.67 bits per heavy atom. The van der Waals surface area contributed by atoms with E-state index in [9.17, 15) is 18.0 Å². The van der Waals surface area contributed by atoms with Gasteiger partial charge in [-0.25, -0.2) is 0 Å². The molecule has 0 aromatic heterocycles. The van der Waals surface area contributed by atoms with Crippen LogP contribution in [0.25, 0.3) is 0 Å². The summed E-state index contributed by atoms with van der Waals surface area (Å²) >= 11 is 0. The lowest BCUT2D eigenvalue weighted by Crippen LogP contribution is -2.44. The van der Waals surface area contributed by atoms with E-state index in [1.54, 1.807) is 14.2 Å². The molecule has 0 radical (unpaired) electrons. The van der Waals surface area contributed by atoms with Gasteiger partial charge in [0.25, 0.3) is 0 Å². The van der Waals surface area contributed by atoms with Gasteiger partial charge in [0.2, 0.25) is 5.91 Å². The number of carbonyl (C=O) groups excluding carboxylic acids is 1. The van der Waals surface area contributed by atoms with Crippen LogP contribution in [0.3, 0.4) is 0 Å². The highest BCUT2D eigenvalue weighted by atomic mass is 19.4. The smallest absolute Gasteiger partial charge is 0.416 e. The minimum Gasteiger partial charge on any atom is -0.493 e. The number of nitrogens with two attached hydrogens (primary N) is 1. The molecule has 0 bridgehead atoms. The number of methoxy groups -OCH3 is 2. The zero-order valence-electron chi connectivity index (χ0n) is 20.2. The maximum absolute atomic E-state index is 13.0. The van der Waals surface area contributed by atoms with Gasteiger partial charge in [0.15, 0.2) is 11.5 Å². The maximum Gasteiger partial charge on any atom is 0.416 e. The first-order chi connectivity index (χ1) is 17.2. The SMILES string of the molecule is COc1cc2c(cc1OC)[C@H](CCc1ccc(C(F)(F)F)cc1)N(C(C(N)=O)c1ccccc1)CC2. The molecule has 2 N–H and O–H groups in total. The second-order valence-electron chi connectivity index (χ2n) is 8.86. The number of benzene rings is 3. The van der Waals surface area contributed by atoms with Gasteiger partial charge in [-0.1, -0.05) is 42.5 Å². The molecule has 0 saturated carbocycles. The van der Waals surface area contributed by atoms with Crippen molar-refractivity contribution in [1.29, 1.82) is 0 Å². The fourth-order valence-electron chi connectivity index (χ4n) is 5.00. The van der Waals surface area contributed by atoms with Crippen molar-refractivity contribution in [1.82, 2.24) is 4.90 Å². The molecule has 0 fully saturated rings. The number of carbonyl (C=O) groups is 1. The number of rotatable bonds is 8. The fraction of sp³-hybridized carbons (Fsp3) is 0.321. The van der Waals surface area contributed by atoms with Crippen molar-refractivity contribution in [2.24, 2.45) is 5.73 Å². The molecular formula is C28H29F3N2O3. The van der Waals surface area contributed by atoms with E-state index in [0.29, 0.717) is 37.3 Å². The standard InChI is InChI=1S/C28H29F3N2O3/c1-35-24-16-20-14-15-33(26(27(32)34)19-6-4-3-5-7-19)23(22(20)17-25(24)36-2)13-10-18-8-11-21(12-9-18)28(29,30)31/h3-9,11-12,16-17,23,26H,10,13-15H2,1-2H3,(H2,32,34)/t23-,26?/m0/s1. The topological polar surface area (TPSA) is 64.8 Å².